The molecule has 1 aromatic heterocycles. The van der Waals surface area contributed by atoms with Crippen LogP contribution in [0.4, 0.5) is 5.69 Å². The lowest BCUT2D eigenvalue weighted by atomic mass is 9.95. The van der Waals surface area contributed by atoms with Gasteiger partial charge in [0.1, 0.15) is 0 Å². The molecule has 0 atom stereocenters. The van der Waals surface area contributed by atoms with Gasteiger partial charge in [-0.1, -0.05) is 41.4 Å². The Bertz CT molecular complexity index is 1600. The van der Waals surface area contributed by atoms with Crippen molar-refractivity contribution in [3.8, 4) is 28.4 Å². The van der Waals surface area contributed by atoms with E-state index in [-0.39, 0.29) is 11.7 Å². The van der Waals surface area contributed by atoms with Gasteiger partial charge in [-0.2, -0.15) is 0 Å². The largest absolute Gasteiger partial charge is 0.493 e. The highest BCUT2D eigenvalue weighted by Gasteiger charge is 2.20. The van der Waals surface area contributed by atoms with Crippen LogP contribution in [-0.4, -0.2) is 31.1 Å². The van der Waals surface area contributed by atoms with Crippen molar-refractivity contribution in [1.82, 2.24) is 4.98 Å². The maximum atomic E-state index is 13.2. The number of aryl methyl sites for hydroxylation is 3. The summed E-state index contributed by atoms with van der Waals surface area (Å²) in [5.41, 5.74) is 6.45. The van der Waals surface area contributed by atoms with Crippen LogP contribution in [-0.2, 0) is 9.59 Å². The summed E-state index contributed by atoms with van der Waals surface area (Å²) in [5.74, 6) is -0.106. The molecule has 0 aliphatic rings. The lowest BCUT2D eigenvalue weighted by Crippen LogP contribution is -2.12. The first-order valence-electron chi connectivity index (χ1n) is 12.2. The van der Waals surface area contributed by atoms with E-state index in [1.165, 1.54) is 27.2 Å². The highest BCUT2D eigenvalue weighted by molar-refractivity contribution is 6.34. The first-order chi connectivity index (χ1) is 18.6. The second kappa shape index (κ2) is 11.6. The SMILES string of the molecule is COc1cc(/C=C/C(=O)Nc2c(C)nc3c(C)cc(C)cc3c2-c2ccccc2Cl)cc(OC)c1OC(C)=O. The summed E-state index contributed by atoms with van der Waals surface area (Å²) in [7, 11) is 2.91. The first kappa shape index (κ1) is 27.7. The number of ether oxygens (including phenoxy) is 3. The van der Waals surface area contributed by atoms with Crippen LogP contribution >= 0.6 is 11.6 Å². The van der Waals surface area contributed by atoms with Crippen LogP contribution in [0.25, 0.3) is 28.1 Å². The van der Waals surface area contributed by atoms with E-state index in [0.29, 0.717) is 33.5 Å². The van der Waals surface area contributed by atoms with Crippen molar-refractivity contribution in [3.63, 3.8) is 0 Å². The average molecular weight is 545 g/mol. The van der Waals surface area contributed by atoms with Gasteiger partial charge in [-0.15, -0.1) is 0 Å². The molecule has 0 spiro atoms. The Labute approximate surface area is 232 Å². The Hall–Kier alpha value is -4.36. The molecule has 1 heterocycles. The second-order valence-electron chi connectivity index (χ2n) is 9.08. The molecule has 0 fully saturated rings. The van der Waals surface area contributed by atoms with E-state index in [2.05, 4.69) is 17.4 Å². The van der Waals surface area contributed by atoms with Gasteiger partial charge in [-0.25, -0.2) is 0 Å². The highest BCUT2D eigenvalue weighted by Crippen LogP contribution is 2.41. The van der Waals surface area contributed by atoms with Crippen molar-refractivity contribution in [2.45, 2.75) is 27.7 Å². The van der Waals surface area contributed by atoms with Crippen LogP contribution in [0.3, 0.4) is 0 Å². The quantitative estimate of drug-likeness (QED) is 0.152. The molecular weight excluding hydrogens is 516 g/mol. The van der Waals surface area contributed by atoms with Gasteiger partial charge in [0.05, 0.1) is 31.1 Å². The molecule has 0 unspecified atom stereocenters. The zero-order valence-electron chi connectivity index (χ0n) is 22.6. The van der Waals surface area contributed by atoms with E-state index in [0.717, 1.165) is 33.2 Å². The number of halogens is 1. The van der Waals surface area contributed by atoms with E-state index in [9.17, 15) is 9.59 Å². The Balaban J connectivity index is 1.77. The molecule has 4 rings (SSSR count). The van der Waals surface area contributed by atoms with Crippen LogP contribution in [0, 0.1) is 20.8 Å². The number of aromatic nitrogens is 1. The molecule has 1 amide bonds. The third-order valence-electron chi connectivity index (χ3n) is 6.15. The van der Waals surface area contributed by atoms with Gasteiger partial charge in [-0.3, -0.25) is 14.6 Å². The van der Waals surface area contributed by atoms with E-state index >= 15 is 0 Å². The van der Waals surface area contributed by atoms with Gasteiger partial charge in [0.25, 0.3) is 0 Å². The molecule has 8 heteroatoms. The van der Waals surface area contributed by atoms with Crippen LogP contribution in [0.5, 0.6) is 17.2 Å². The van der Waals surface area contributed by atoms with E-state index in [4.69, 9.17) is 30.8 Å². The molecule has 0 aliphatic heterocycles. The van der Waals surface area contributed by atoms with Gasteiger partial charge in [0.15, 0.2) is 11.5 Å². The fourth-order valence-electron chi connectivity index (χ4n) is 4.51. The van der Waals surface area contributed by atoms with Crippen molar-refractivity contribution in [2.24, 2.45) is 0 Å². The number of amides is 1. The third kappa shape index (κ3) is 5.89. The fourth-order valence-corrected chi connectivity index (χ4v) is 4.74. The number of esters is 1. The first-order valence-corrected chi connectivity index (χ1v) is 12.6. The Morgan fingerprint density at radius 1 is 0.974 bits per heavy atom. The number of rotatable bonds is 7. The molecule has 0 saturated heterocycles. The van der Waals surface area contributed by atoms with E-state index in [1.54, 1.807) is 18.2 Å². The molecule has 3 aromatic carbocycles. The maximum Gasteiger partial charge on any atom is 0.308 e. The molecule has 0 bridgehead atoms. The van der Waals surface area contributed by atoms with Crippen molar-refractivity contribution in [2.75, 3.05) is 19.5 Å². The molecule has 0 radical (unpaired) electrons. The Kier molecular flexibility index (Phi) is 8.21. The van der Waals surface area contributed by atoms with Gasteiger partial charge < -0.3 is 19.5 Å². The van der Waals surface area contributed by atoms with Gasteiger partial charge in [0, 0.05) is 34.5 Å². The Morgan fingerprint density at radius 3 is 2.26 bits per heavy atom. The zero-order valence-corrected chi connectivity index (χ0v) is 23.4. The highest BCUT2D eigenvalue weighted by atomic mass is 35.5. The standard InChI is InChI=1S/C31H29ClN2O5/c1-17-13-18(2)29-23(14-17)28(22-9-7-8-10-24(22)32)30(19(3)33-29)34-27(36)12-11-21-15-25(37-5)31(39-20(4)35)26(16-21)38-6/h7-16H,1-6H3,(H,34,36)/b12-11+. The topological polar surface area (TPSA) is 86.8 Å². The molecule has 0 aliphatic carbocycles. The van der Waals surface area contributed by atoms with Crippen molar-refractivity contribution < 1.29 is 23.8 Å². The molecule has 39 heavy (non-hydrogen) atoms. The maximum absolute atomic E-state index is 13.2. The predicted octanol–water partition coefficient (Wildman–Crippen LogP) is 7.07. The molecule has 1 N–H and O–H groups in total. The summed E-state index contributed by atoms with van der Waals surface area (Å²) in [6, 6.07) is 15.0. The molecule has 7 nitrogen and oxygen atoms in total. The normalized spacial score (nSPS) is 11.1. The van der Waals surface area contributed by atoms with Crippen molar-refractivity contribution in [1.29, 1.82) is 0 Å². The number of hydrogen-bond donors (Lipinski definition) is 1. The minimum Gasteiger partial charge on any atom is -0.493 e. The monoisotopic (exact) mass is 544 g/mol. The summed E-state index contributed by atoms with van der Waals surface area (Å²) in [6.45, 7) is 7.20. The number of benzene rings is 3. The van der Waals surface area contributed by atoms with Crippen LogP contribution in [0.2, 0.25) is 5.02 Å². The molecule has 4 aromatic rings. The number of fused-ring (bicyclic) bond motifs is 1. The number of carbonyl (C=O) groups excluding carboxylic acids is 2. The van der Waals surface area contributed by atoms with Crippen molar-refractivity contribution in [3.05, 3.63) is 82.0 Å². The number of nitrogens with one attached hydrogen (secondary N) is 1. The summed E-state index contributed by atoms with van der Waals surface area (Å²) in [4.78, 5) is 29.5. The molecule has 0 saturated carbocycles. The minimum atomic E-state index is -0.506. The fraction of sp³-hybridized carbons (Fsp3) is 0.194. The number of nitrogens with zero attached hydrogens (tertiary/aromatic N) is 1. The third-order valence-corrected chi connectivity index (χ3v) is 6.48. The predicted molar refractivity (Wildman–Crippen MR) is 155 cm³/mol. The lowest BCUT2D eigenvalue weighted by molar-refractivity contribution is -0.132. The van der Waals surface area contributed by atoms with Crippen LogP contribution in [0.1, 0.15) is 29.3 Å². The Morgan fingerprint density at radius 2 is 1.64 bits per heavy atom. The second-order valence-corrected chi connectivity index (χ2v) is 9.48. The number of pyridine rings is 1. The van der Waals surface area contributed by atoms with Crippen LogP contribution < -0.4 is 19.5 Å². The zero-order chi connectivity index (χ0) is 28.3. The lowest BCUT2D eigenvalue weighted by Gasteiger charge is -2.18. The average Bonchev–Trinajstić information content (AvgIpc) is 2.89. The summed E-state index contributed by atoms with van der Waals surface area (Å²) < 4.78 is 16.0. The summed E-state index contributed by atoms with van der Waals surface area (Å²) in [6.07, 6.45) is 3.02. The number of anilines is 1. The minimum absolute atomic E-state index is 0.168. The molecule has 200 valence electrons. The van der Waals surface area contributed by atoms with Gasteiger partial charge in [-0.05, 0) is 62.2 Å². The summed E-state index contributed by atoms with van der Waals surface area (Å²) >= 11 is 6.64. The number of methoxy groups -OCH3 is 2. The van der Waals surface area contributed by atoms with E-state index in [1.807, 2.05) is 45.0 Å². The van der Waals surface area contributed by atoms with Gasteiger partial charge >= 0.3 is 5.97 Å². The van der Waals surface area contributed by atoms with E-state index < -0.39 is 5.97 Å². The van der Waals surface area contributed by atoms with Gasteiger partial charge in [0.2, 0.25) is 11.7 Å². The van der Waals surface area contributed by atoms with Crippen molar-refractivity contribution >= 4 is 46.1 Å². The molecular formula is C31H29ClN2O5. The smallest absolute Gasteiger partial charge is 0.308 e. The number of carbonyl (C=O) groups is 2. The summed E-state index contributed by atoms with van der Waals surface area (Å²) in [5, 5.41) is 4.50. The van der Waals surface area contributed by atoms with Crippen LogP contribution in [0.15, 0.2) is 54.6 Å². The number of hydrogen-bond acceptors (Lipinski definition) is 6.